The van der Waals surface area contributed by atoms with Crippen molar-refractivity contribution in [3.8, 4) is 11.3 Å². The Bertz CT molecular complexity index is 909. The van der Waals surface area contributed by atoms with Crippen LogP contribution in [0.4, 0.5) is 0 Å². The maximum Gasteiger partial charge on any atom is 0.234 e. The van der Waals surface area contributed by atoms with Crippen molar-refractivity contribution >= 4 is 17.5 Å². The monoisotopic (exact) mass is 412 g/mol. The maximum absolute atomic E-state index is 12.4. The third-order valence-corrected chi connectivity index (χ3v) is 5.01. The number of hydrogen-bond acceptors (Lipinski definition) is 4. The molecule has 0 unspecified atom stereocenters. The van der Waals surface area contributed by atoms with Gasteiger partial charge < -0.3 is 14.8 Å². The first-order chi connectivity index (χ1) is 14.1. The quantitative estimate of drug-likeness (QED) is 0.550. The lowest BCUT2D eigenvalue weighted by atomic mass is 10.0. The van der Waals surface area contributed by atoms with Gasteiger partial charge in [0.1, 0.15) is 11.5 Å². The fourth-order valence-electron chi connectivity index (χ4n) is 3.26. The van der Waals surface area contributed by atoms with Crippen LogP contribution >= 0.6 is 11.6 Å². The third kappa shape index (κ3) is 5.94. The molecule has 3 rings (SSSR count). The predicted octanol–water partition coefficient (Wildman–Crippen LogP) is 4.27. The highest BCUT2D eigenvalue weighted by Gasteiger charge is 2.19. The topological polar surface area (TPSA) is 65.7 Å². The molecule has 0 bridgehead atoms. The third-order valence-electron chi connectivity index (χ3n) is 4.76. The number of likely N-dealkylation sites (N-methyl/N-ethyl adjacent to an activating group) is 1. The second-order valence-corrected chi connectivity index (χ2v) is 7.34. The van der Waals surface area contributed by atoms with Crippen LogP contribution in [-0.4, -0.2) is 36.1 Å². The molecule has 2 N–H and O–H groups in total. The van der Waals surface area contributed by atoms with E-state index in [9.17, 15) is 9.90 Å². The van der Waals surface area contributed by atoms with Gasteiger partial charge in [0, 0.05) is 23.2 Å². The summed E-state index contributed by atoms with van der Waals surface area (Å²) < 4.78 is 5.82. The molecule has 1 heterocycles. The summed E-state index contributed by atoms with van der Waals surface area (Å²) in [5.41, 5.74) is 2.01. The summed E-state index contributed by atoms with van der Waals surface area (Å²) in [6, 6.07) is 21.0. The molecule has 1 atom stereocenters. The maximum atomic E-state index is 12.4. The van der Waals surface area contributed by atoms with Crippen molar-refractivity contribution < 1.29 is 14.3 Å². The molecular weight excluding hydrogens is 388 g/mol. The second kappa shape index (κ2) is 10.3. The minimum atomic E-state index is -0.101. The molecule has 0 fully saturated rings. The fraction of sp³-hybridized carbons (Fsp3) is 0.261. The Morgan fingerprint density at radius 2 is 1.83 bits per heavy atom. The van der Waals surface area contributed by atoms with Crippen LogP contribution in [0.3, 0.4) is 0 Å². The van der Waals surface area contributed by atoms with Crippen LogP contribution in [0.1, 0.15) is 23.8 Å². The lowest BCUT2D eigenvalue weighted by molar-refractivity contribution is -0.122. The molecule has 152 valence electrons. The number of rotatable bonds is 9. The Kier molecular flexibility index (Phi) is 7.47. The molecule has 1 amide bonds. The Labute approximate surface area is 175 Å². The molecule has 0 spiro atoms. The number of aliphatic hydroxyl groups excluding tert-OH is 1. The van der Waals surface area contributed by atoms with E-state index < -0.39 is 0 Å². The number of amides is 1. The average molecular weight is 413 g/mol. The zero-order valence-corrected chi connectivity index (χ0v) is 17.1. The van der Waals surface area contributed by atoms with Crippen molar-refractivity contribution in [3.05, 3.63) is 83.1 Å². The van der Waals surface area contributed by atoms with Gasteiger partial charge in [-0.25, -0.2) is 0 Å². The minimum Gasteiger partial charge on any atom is -0.459 e. The normalized spacial score (nSPS) is 12.1. The highest BCUT2D eigenvalue weighted by molar-refractivity contribution is 6.30. The summed E-state index contributed by atoms with van der Waals surface area (Å²) in [6.07, 6.45) is 0.566. The fourth-order valence-corrected chi connectivity index (χ4v) is 3.39. The summed E-state index contributed by atoms with van der Waals surface area (Å²) in [4.78, 5) is 14.4. The van der Waals surface area contributed by atoms with Crippen LogP contribution in [0.15, 0.2) is 71.1 Å². The summed E-state index contributed by atoms with van der Waals surface area (Å²) >= 11 is 5.92. The summed E-state index contributed by atoms with van der Waals surface area (Å²) in [5, 5.41) is 13.0. The second-order valence-electron chi connectivity index (χ2n) is 6.90. The molecule has 1 aromatic heterocycles. The number of carbonyl (C=O) groups excluding carboxylic acids is 1. The van der Waals surface area contributed by atoms with E-state index in [0.29, 0.717) is 23.7 Å². The molecule has 0 saturated carbocycles. The summed E-state index contributed by atoms with van der Waals surface area (Å²) in [5.74, 6) is 1.31. The van der Waals surface area contributed by atoms with Gasteiger partial charge in [-0.1, -0.05) is 41.9 Å². The van der Waals surface area contributed by atoms with Gasteiger partial charge in [0.05, 0.1) is 13.1 Å². The number of nitrogens with one attached hydrogen (secondary N) is 1. The molecular formula is C23H25ClN2O3. The number of aliphatic hydroxyl groups is 1. The molecule has 0 aliphatic carbocycles. The lowest BCUT2D eigenvalue weighted by Gasteiger charge is -2.27. The minimum absolute atomic E-state index is 0.0212. The van der Waals surface area contributed by atoms with Gasteiger partial charge in [0.15, 0.2) is 0 Å². The van der Waals surface area contributed by atoms with Crippen molar-refractivity contribution in [3.63, 3.8) is 0 Å². The number of carbonyl (C=O) groups is 1. The highest BCUT2D eigenvalue weighted by atomic mass is 35.5. The number of furan rings is 1. The zero-order chi connectivity index (χ0) is 20.6. The van der Waals surface area contributed by atoms with Crippen LogP contribution < -0.4 is 5.32 Å². The van der Waals surface area contributed by atoms with Gasteiger partial charge >= 0.3 is 0 Å². The molecule has 3 aromatic rings. The first kappa shape index (κ1) is 21.1. The molecule has 0 aliphatic heterocycles. The van der Waals surface area contributed by atoms with E-state index in [1.807, 2.05) is 78.7 Å². The standard InChI is InChI=1S/C23H25ClN2O3/c1-26(21(13-14-27)17-5-3-2-4-6-17)16-23(28)25-15-20-11-12-22(29-20)18-7-9-19(24)10-8-18/h2-12,21,27H,13-16H2,1H3,(H,25,28)/t21-/m1/s1. The van der Waals surface area contributed by atoms with Crippen molar-refractivity contribution in [1.82, 2.24) is 10.2 Å². The van der Waals surface area contributed by atoms with Gasteiger partial charge in [-0.15, -0.1) is 0 Å². The van der Waals surface area contributed by atoms with Crippen LogP contribution in [0, 0.1) is 0 Å². The Morgan fingerprint density at radius 3 is 2.52 bits per heavy atom. The first-order valence-electron chi connectivity index (χ1n) is 9.54. The molecule has 0 radical (unpaired) electrons. The number of hydrogen-bond donors (Lipinski definition) is 2. The zero-order valence-electron chi connectivity index (χ0n) is 16.3. The summed E-state index contributed by atoms with van der Waals surface area (Å²) in [7, 11) is 1.89. The van der Waals surface area contributed by atoms with E-state index in [0.717, 1.165) is 16.9 Å². The van der Waals surface area contributed by atoms with E-state index in [-0.39, 0.29) is 25.1 Å². The molecule has 0 aliphatic rings. The molecule has 0 saturated heterocycles. The smallest absolute Gasteiger partial charge is 0.234 e. The Hall–Kier alpha value is -2.60. The van der Waals surface area contributed by atoms with Crippen molar-refractivity contribution in [1.29, 1.82) is 0 Å². The SMILES string of the molecule is CN(CC(=O)NCc1ccc(-c2ccc(Cl)cc2)o1)[C@H](CCO)c1ccccc1. The number of benzene rings is 2. The van der Waals surface area contributed by atoms with Crippen LogP contribution in [0.25, 0.3) is 11.3 Å². The number of halogens is 1. The van der Waals surface area contributed by atoms with E-state index in [1.165, 1.54) is 0 Å². The predicted molar refractivity (Wildman–Crippen MR) is 115 cm³/mol. The summed E-state index contributed by atoms with van der Waals surface area (Å²) in [6.45, 7) is 0.603. The Morgan fingerprint density at radius 1 is 1.10 bits per heavy atom. The van der Waals surface area contributed by atoms with Crippen LogP contribution in [0.2, 0.25) is 5.02 Å². The van der Waals surface area contributed by atoms with Gasteiger partial charge in [-0.05, 0) is 55.4 Å². The van der Waals surface area contributed by atoms with E-state index in [4.69, 9.17) is 16.0 Å². The van der Waals surface area contributed by atoms with Crippen molar-refractivity contribution in [2.45, 2.75) is 19.0 Å². The number of nitrogens with zero attached hydrogens (tertiary/aromatic N) is 1. The van der Waals surface area contributed by atoms with Gasteiger partial charge in [0.2, 0.25) is 5.91 Å². The van der Waals surface area contributed by atoms with E-state index >= 15 is 0 Å². The highest BCUT2D eigenvalue weighted by Crippen LogP contribution is 2.24. The Balaban J connectivity index is 1.54. The largest absolute Gasteiger partial charge is 0.459 e. The van der Waals surface area contributed by atoms with E-state index in [1.54, 1.807) is 0 Å². The molecule has 6 heteroatoms. The lowest BCUT2D eigenvalue weighted by Crippen LogP contribution is -2.37. The first-order valence-corrected chi connectivity index (χ1v) is 9.92. The molecule has 2 aromatic carbocycles. The van der Waals surface area contributed by atoms with E-state index in [2.05, 4.69) is 5.32 Å². The average Bonchev–Trinajstić information content (AvgIpc) is 3.20. The van der Waals surface area contributed by atoms with Crippen molar-refractivity contribution in [2.24, 2.45) is 0 Å². The molecule has 5 nitrogen and oxygen atoms in total. The van der Waals surface area contributed by atoms with Crippen LogP contribution in [0.5, 0.6) is 0 Å². The van der Waals surface area contributed by atoms with Gasteiger partial charge in [-0.3, -0.25) is 9.69 Å². The van der Waals surface area contributed by atoms with Crippen LogP contribution in [-0.2, 0) is 11.3 Å². The van der Waals surface area contributed by atoms with Gasteiger partial charge in [0.25, 0.3) is 0 Å². The molecule has 29 heavy (non-hydrogen) atoms. The van der Waals surface area contributed by atoms with Crippen molar-refractivity contribution in [2.75, 3.05) is 20.2 Å². The van der Waals surface area contributed by atoms with Gasteiger partial charge in [-0.2, -0.15) is 0 Å².